The van der Waals surface area contributed by atoms with Crippen LogP contribution in [0.25, 0.3) is 0 Å². The molecule has 0 aliphatic rings. The van der Waals surface area contributed by atoms with Crippen LogP contribution in [0.2, 0.25) is 0 Å². The Morgan fingerprint density at radius 1 is 1.36 bits per heavy atom. The smallest absolute Gasteiger partial charge is 0.119 e. The molecule has 80 valence electrons. The number of benzene rings is 1. The Kier molecular flexibility index (Phi) is 6.28. The number of ether oxygens (including phenoxy) is 2. The van der Waals surface area contributed by atoms with Crippen LogP contribution in [0.5, 0.6) is 5.75 Å². The van der Waals surface area contributed by atoms with Crippen molar-refractivity contribution in [3.8, 4) is 5.75 Å². The van der Waals surface area contributed by atoms with E-state index >= 15 is 0 Å². The lowest BCUT2D eigenvalue weighted by Crippen LogP contribution is -2.15. The van der Waals surface area contributed by atoms with Crippen molar-refractivity contribution in [2.24, 2.45) is 5.73 Å². The monoisotopic (exact) mass is 217 g/mol. The molecule has 2 N–H and O–H groups in total. The molecule has 0 aromatic heterocycles. The van der Waals surface area contributed by atoms with Gasteiger partial charge in [0.25, 0.3) is 0 Å². The van der Waals surface area contributed by atoms with Crippen molar-refractivity contribution in [2.75, 3.05) is 20.8 Å². The molecule has 0 fully saturated rings. The van der Waals surface area contributed by atoms with Gasteiger partial charge in [-0.25, -0.2) is 0 Å². The quantitative estimate of drug-likeness (QED) is 0.836. The molecule has 14 heavy (non-hydrogen) atoms. The van der Waals surface area contributed by atoms with E-state index in [4.69, 9.17) is 15.2 Å². The average molecular weight is 218 g/mol. The van der Waals surface area contributed by atoms with Crippen LogP contribution < -0.4 is 10.5 Å². The summed E-state index contributed by atoms with van der Waals surface area (Å²) in [4.78, 5) is 0. The van der Waals surface area contributed by atoms with E-state index in [0.29, 0.717) is 6.61 Å². The second-order valence-electron chi connectivity index (χ2n) is 2.84. The summed E-state index contributed by atoms with van der Waals surface area (Å²) in [5, 5.41) is 0. The summed E-state index contributed by atoms with van der Waals surface area (Å²) >= 11 is 0. The molecule has 0 radical (unpaired) electrons. The van der Waals surface area contributed by atoms with Crippen molar-refractivity contribution in [2.45, 2.75) is 6.04 Å². The van der Waals surface area contributed by atoms with Gasteiger partial charge in [0.1, 0.15) is 5.75 Å². The minimum atomic E-state index is -0.0832. The summed E-state index contributed by atoms with van der Waals surface area (Å²) in [5.74, 6) is 0.823. The van der Waals surface area contributed by atoms with Crippen molar-refractivity contribution < 1.29 is 9.47 Å². The van der Waals surface area contributed by atoms with Gasteiger partial charge in [0.05, 0.1) is 19.8 Å². The third-order valence-corrected chi connectivity index (χ3v) is 1.87. The highest BCUT2D eigenvalue weighted by atomic mass is 35.5. The van der Waals surface area contributed by atoms with Crippen LogP contribution in [0.3, 0.4) is 0 Å². The summed E-state index contributed by atoms with van der Waals surface area (Å²) in [6.45, 7) is 0.521. The predicted octanol–water partition coefficient (Wildman–Crippen LogP) is 1.76. The molecule has 0 heterocycles. The van der Waals surface area contributed by atoms with Gasteiger partial charge >= 0.3 is 0 Å². The van der Waals surface area contributed by atoms with Crippen LogP contribution in [0, 0.1) is 0 Å². The number of halogens is 1. The van der Waals surface area contributed by atoms with E-state index in [0.717, 1.165) is 11.3 Å². The van der Waals surface area contributed by atoms with E-state index in [1.165, 1.54) is 0 Å². The maximum absolute atomic E-state index is 5.85. The first-order valence-electron chi connectivity index (χ1n) is 4.16. The van der Waals surface area contributed by atoms with Crippen molar-refractivity contribution in [1.29, 1.82) is 0 Å². The zero-order valence-corrected chi connectivity index (χ0v) is 9.21. The Bertz CT molecular complexity index is 268. The van der Waals surface area contributed by atoms with Crippen LogP contribution in [0.15, 0.2) is 24.3 Å². The Hall–Kier alpha value is -0.770. The summed E-state index contributed by atoms with van der Waals surface area (Å²) < 4.78 is 10.1. The predicted molar refractivity (Wildman–Crippen MR) is 59.0 cm³/mol. The Balaban J connectivity index is 0.00000169. The third kappa shape index (κ3) is 3.54. The summed E-state index contributed by atoms with van der Waals surface area (Å²) in [6.07, 6.45) is 0. The largest absolute Gasteiger partial charge is 0.497 e. The topological polar surface area (TPSA) is 44.5 Å². The number of hydrogen-bond acceptors (Lipinski definition) is 3. The average Bonchev–Trinajstić information content (AvgIpc) is 2.18. The zero-order chi connectivity index (χ0) is 9.68. The Labute approximate surface area is 90.6 Å². The molecule has 0 spiro atoms. The zero-order valence-electron chi connectivity index (χ0n) is 8.40. The fourth-order valence-electron chi connectivity index (χ4n) is 1.15. The molecule has 0 bridgehead atoms. The first kappa shape index (κ1) is 13.2. The highest BCUT2D eigenvalue weighted by molar-refractivity contribution is 5.85. The van der Waals surface area contributed by atoms with Crippen LogP contribution in [0.4, 0.5) is 0 Å². The lowest BCUT2D eigenvalue weighted by molar-refractivity contribution is 0.181. The molecule has 0 aliphatic heterocycles. The molecule has 0 saturated heterocycles. The molecule has 0 amide bonds. The van der Waals surface area contributed by atoms with Crippen LogP contribution in [0.1, 0.15) is 11.6 Å². The van der Waals surface area contributed by atoms with Crippen LogP contribution >= 0.6 is 12.4 Å². The Morgan fingerprint density at radius 2 is 2.07 bits per heavy atom. The van der Waals surface area contributed by atoms with E-state index in [9.17, 15) is 0 Å². The minimum absolute atomic E-state index is 0. The van der Waals surface area contributed by atoms with Gasteiger partial charge in [-0.3, -0.25) is 0 Å². The number of rotatable bonds is 4. The summed E-state index contributed by atoms with van der Waals surface area (Å²) in [7, 11) is 3.28. The molecule has 1 aromatic rings. The normalized spacial score (nSPS) is 11.6. The highest BCUT2D eigenvalue weighted by Crippen LogP contribution is 2.17. The number of nitrogens with two attached hydrogens (primary N) is 1. The van der Waals surface area contributed by atoms with E-state index in [1.807, 2.05) is 24.3 Å². The molecule has 1 aromatic carbocycles. The van der Waals surface area contributed by atoms with Gasteiger partial charge in [0.2, 0.25) is 0 Å². The molecule has 3 nitrogen and oxygen atoms in total. The van der Waals surface area contributed by atoms with Crippen molar-refractivity contribution in [1.82, 2.24) is 0 Å². The summed E-state index contributed by atoms with van der Waals surface area (Å²) in [6, 6.07) is 7.61. The second kappa shape index (κ2) is 6.65. The molecule has 0 saturated carbocycles. The first-order chi connectivity index (χ1) is 6.27. The van der Waals surface area contributed by atoms with Gasteiger partial charge in [-0.15, -0.1) is 12.4 Å². The van der Waals surface area contributed by atoms with E-state index in [-0.39, 0.29) is 18.4 Å². The third-order valence-electron chi connectivity index (χ3n) is 1.87. The van der Waals surface area contributed by atoms with Crippen LogP contribution in [-0.4, -0.2) is 20.8 Å². The van der Waals surface area contributed by atoms with Gasteiger partial charge in [0, 0.05) is 7.11 Å². The SMILES string of the molecule is COC[C@@H](N)c1cccc(OC)c1.Cl. The molecule has 0 aliphatic carbocycles. The lowest BCUT2D eigenvalue weighted by Gasteiger charge is -2.11. The maximum atomic E-state index is 5.85. The molecule has 1 atom stereocenters. The van der Waals surface area contributed by atoms with E-state index in [2.05, 4.69) is 0 Å². The van der Waals surface area contributed by atoms with Crippen molar-refractivity contribution in [3.05, 3.63) is 29.8 Å². The lowest BCUT2D eigenvalue weighted by atomic mass is 10.1. The standard InChI is InChI=1S/C10H15NO2.ClH/c1-12-7-10(11)8-4-3-5-9(6-8)13-2;/h3-6,10H,7,11H2,1-2H3;1H/t10-;/m1./s1. The van der Waals surface area contributed by atoms with Gasteiger partial charge in [-0.2, -0.15) is 0 Å². The fraction of sp³-hybridized carbons (Fsp3) is 0.400. The molecule has 1 rings (SSSR count). The maximum Gasteiger partial charge on any atom is 0.119 e. The van der Waals surface area contributed by atoms with E-state index in [1.54, 1.807) is 14.2 Å². The summed E-state index contributed by atoms with van der Waals surface area (Å²) in [5.41, 5.74) is 6.88. The highest BCUT2D eigenvalue weighted by Gasteiger charge is 2.05. The van der Waals surface area contributed by atoms with Crippen molar-refractivity contribution >= 4 is 12.4 Å². The van der Waals surface area contributed by atoms with Gasteiger partial charge in [-0.05, 0) is 17.7 Å². The fourth-order valence-corrected chi connectivity index (χ4v) is 1.15. The molecular formula is C10H16ClNO2. The number of methoxy groups -OCH3 is 2. The molecular weight excluding hydrogens is 202 g/mol. The van der Waals surface area contributed by atoms with Gasteiger partial charge in [0.15, 0.2) is 0 Å². The molecule has 4 heteroatoms. The van der Waals surface area contributed by atoms with Crippen LogP contribution in [-0.2, 0) is 4.74 Å². The minimum Gasteiger partial charge on any atom is -0.497 e. The number of hydrogen-bond donors (Lipinski definition) is 1. The van der Waals surface area contributed by atoms with Crippen molar-refractivity contribution in [3.63, 3.8) is 0 Å². The Morgan fingerprint density at radius 3 is 2.64 bits per heavy atom. The van der Waals surface area contributed by atoms with Gasteiger partial charge in [-0.1, -0.05) is 12.1 Å². The second-order valence-corrected chi connectivity index (χ2v) is 2.84. The van der Waals surface area contributed by atoms with Gasteiger partial charge < -0.3 is 15.2 Å². The first-order valence-corrected chi connectivity index (χ1v) is 4.16. The molecule has 0 unspecified atom stereocenters. The van der Waals surface area contributed by atoms with E-state index < -0.39 is 0 Å².